The minimum atomic E-state index is -3.66. The van der Waals surface area contributed by atoms with E-state index in [1.54, 1.807) is 18.2 Å². The third-order valence-corrected chi connectivity index (χ3v) is 4.13. The van der Waals surface area contributed by atoms with Crippen LogP contribution in [0.2, 0.25) is 0 Å². The summed E-state index contributed by atoms with van der Waals surface area (Å²) in [6, 6.07) is 12.6. The van der Waals surface area contributed by atoms with Gasteiger partial charge >= 0.3 is 51.4 Å². The Morgan fingerprint density at radius 3 is 2.53 bits per heavy atom. The summed E-state index contributed by atoms with van der Waals surface area (Å²) in [6.07, 6.45) is 1.65. The van der Waals surface area contributed by atoms with Gasteiger partial charge in [0.15, 0.2) is 0 Å². The van der Waals surface area contributed by atoms with Crippen molar-refractivity contribution in [2.24, 2.45) is 0 Å². The van der Waals surface area contributed by atoms with E-state index in [1.807, 2.05) is 31.2 Å². The average molecular weight is 304 g/mol. The zero-order valence-corrected chi connectivity index (χ0v) is 15.2. The van der Waals surface area contributed by atoms with Crippen LogP contribution in [-0.4, -0.2) is 15.0 Å². The van der Waals surface area contributed by atoms with Crippen LogP contribution in [0.25, 0.3) is 10.8 Å². The standard InChI is InChI=1S/C14H16O3S.K.H/c1-2-3-11-17-18(15,16)14-10-6-8-12-7-4-5-9-13(12)14;;/h4-10H,2-3,11H2,1H3;;/q;+1;-1. The summed E-state index contributed by atoms with van der Waals surface area (Å²) < 4.78 is 29.2. The number of benzene rings is 2. The summed E-state index contributed by atoms with van der Waals surface area (Å²) in [5, 5.41) is 1.61. The van der Waals surface area contributed by atoms with Crippen LogP contribution >= 0.6 is 0 Å². The van der Waals surface area contributed by atoms with Gasteiger partial charge in [-0.1, -0.05) is 49.7 Å². The van der Waals surface area contributed by atoms with E-state index in [9.17, 15) is 8.42 Å². The summed E-state index contributed by atoms with van der Waals surface area (Å²) in [6.45, 7) is 2.23. The molecule has 2 aromatic carbocycles. The second-order valence-corrected chi connectivity index (χ2v) is 5.69. The molecule has 0 aliphatic heterocycles. The molecule has 0 aliphatic rings. The number of unbranched alkanes of at least 4 members (excludes halogenated alkanes) is 1. The van der Waals surface area contributed by atoms with Crippen molar-refractivity contribution < 1.29 is 65.4 Å². The largest absolute Gasteiger partial charge is 1.00 e. The molecule has 2 rings (SSSR count). The van der Waals surface area contributed by atoms with Crippen LogP contribution in [0.5, 0.6) is 0 Å². The Morgan fingerprint density at radius 1 is 1.11 bits per heavy atom. The molecular weight excluding hydrogens is 287 g/mol. The molecule has 0 saturated heterocycles. The van der Waals surface area contributed by atoms with Crippen LogP contribution in [0.3, 0.4) is 0 Å². The minimum absolute atomic E-state index is 0. The second-order valence-electron chi connectivity index (χ2n) is 4.11. The summed E-state index contributed by atoms with van der Waals surface area (Å²) in [5.74, 6) is 0. The summed E-state index contributed by atoms with van der Waals surface area (Å²) in [7, 11) is -3.66. The Labute approximate surface area is 158 Å². The number of fused-ring (bicyclic) bond motifs is 1. The van der Waals surface area contributed by atoms with Gasteiger partial charge in [-0.05, 0) is 17.9 Å². The molecule has 0 amide bonds. The van der Waals surface area contributed by atoms with Crippen molar-refractivity contribution in [1.82, 2.24) is 0 Å². The maximum atomic E-state index is 12.1. The van der Waals surface area contributed by atoms with Gasteiger partial charge in [-0.2, -0.15) is 8.42 Å². The SMILES string of the molecule is CCCCOS(=O)(=O)c1cccc2ccccc12.[H-].[K+]. The molecule has 5 heteroatoms. The monoisotopic (exact) mass is 304 g/mol. The molecule has 0 aliphatic carbocycles. The van der Waals surface area contributed by atoms with Gasteiger partial charge in [-0.25, -0.2) is 0 Å². The predicted octanol–water partition coefficient (Wildman–Crippen LogP) is 0.462. The second kappa shape index (κ2) is 7.88. The van der Waals surface area contributed by atoms with Crippen molar-refractivity contribution in [3.05, 3.63) is 42.5 Å². The van der Waals surface area contributed by atoms with Crippen molar-refractivity contribution in [2.45, 2.75) is 24.7 Å². The maximum absolute atomic E-state index is 12.1. The minimum Gasteiger partial charge on any atom is -1.00 e. The molecule has 19 heavy (non-hydrogen) atoms. The third kappa shape index (κ3) is 4.36. The van der Waals surface area contributed by atoms with Crippen molar-refractivity contribution in [3.8, 4) is 0 Å². The average Bonchev–Trinajstić information content (AvgIpc) is 2.38. The van der Waals surface area contributed by atoms with Gasteiger partial charge in [0.25, 0.3) is 10.1 Å². The van der Waals surface area contributed by atoms with Crippen molar-refractivity contribution in [1.29, 1.82) is 0 Å². The number of hydrogen-bond acceptors (Lipinski definition) is 3. The van der Waals surface area contributed by atoms with Gasteiger partial charge in [0.05, 0.1) is 6.61 Å². The smallest absolute Gasteiger partial charge is 1.00 e. The first-order valence-electron chi connectivity index (χ1n) is 6.02. The molecule has 0 saturated carbocycles. The Bertz CT molecular complexity index is 638. The van der Waals surface area contributed by atoms with Crippen LogP contribution in [0.15, 0.2) is 47.4 Å². The molecule has 0 aromatic heterocycles. The molecule has 0 bridgehead atoms. The summed E-state index contributed by atoms with van der Waals surface area (Å²) >= 11 is 0. The van der Waals surface area contributed by atoms with Crippen molar-refractivity contribution in [2.75, 3.05) is 6.61 Å². The van der Waals surface area contributed by atoms with Gasteiger partial charge in [0.2, 0.25) is 0 Å². The van der Waals surface area contributed by atoms with Gasteiger partial charge in [0, 0.05) is 5.39 Å². The summed E-state index contributed by atoms with van der Waals surface area (Å²) in [4.78, 5) is 0.247. The molecule has 0 unspecified atom stereocenters. The van der Waals surface area contributed by atoms with E-state index in [0.717, 1.165) is 18.2 Å². The Kier molecular flexibility index (Phi) is 7.17. The van der Waals surface area contributed by atoms with Gasteiger partial charge in [-0.3, -0.25) is 4.18 Å². The Hall–Kier alpha value is 0.246. The van der Waals surface area contributed by atoms with Gasteiger partial charge < -0.3 is 1.43 Å². The third-order valence-electron chi connectivity index (χ3n) is 2.76. The van der Waals surface area contributed by atoms with E-state index >= 15 is 0 Å². The number of rotatable bonds is 5. The molecule has 98 valence electrons. The van der Waals surface area contributed by atoms with Crippen molar-refractivity contribution >= 4 is 20.9 Å². The Balaban J connectivity index is 0.00000180. The predicted molar refractivity (Wildman–Crippen MR) is 73.1 cm³/mol. The van der Waals surface area contributed by atoms with E-state index in [4.69, 9.17) is 4.18 Å². The van der Waals surface area contributed by atoms with E-state index in [1.165, 1.54) is 0 Å². The molecule has 3 nitrogen and oxygen atoms in total. The Morgan fingerprint density at radius 2 is 1.79 bits per heavy atom. The maximum Gasteiger partial charge on any atom is 1.00 e. The molecule has 0 heterocycles. The summed E-state index contributed by atoms with van der Waals surface area (Å²) in [5.41, 5.74) is 0. The number of hydrogen-bond donors (Lipinski definition) is 0. The molecule has 0 fully saturated rings. The van der Waals surface area contributed by atoms with Crippen LogP contribution in [0.1, 0.15) is 21.2 Å². The zero-order valence-electron chi connectivity index (χ0n) is 12.3. The molecule has 0 spiro atoms. The first-order valence-corrected chi connectivity index (χ1v) is 7.43. The normalized spacial score (nSPS) is 11.2. The van der Waals surface area contributed by atoms with E-state index in [2.05, 4.69) is 0 Å². The molecule has 0 atom stereocenters. The topological polar surface area (TPSA) is 43.4 Å². The van der Waals surface area contributed by atoms with Crippen LogP contribution in [0.4, 0.5) is 0 Å². The first-order chi connectivity index (χ1) is 8.65. The molecule has 0 radical (unpaired) electrons. The fourth-order valence-electron chi connectivity index (χ4n) is 1.79. The van der Waals surface area contributed by atoms with Crippen molar-refractivity contribution in [3.63, 3.8) is 0 Å². The van der Waals surface area contributed by atoms with Crippen LogP contribution in [-0.2, 0) is 14.3 Å². The molecule has 2 aromatic rings. The zero-order chi connectivity index (χ0) is 13.0. The van der Waals surface area contributed by atoms with Crippen LogP contribution in [0, 0.1) is 0 Å². The molecular formula is C14H17KO3S. The fourth-order valence-corrected chi connectivity index (χ4v) is 2.95. The van der Waals surface area contributed by atoms with Gasteiger partial charge in [0.1, 0.15) is 4.90 Å². The molecule has 0 N–H and O–H groups in total. The van der Waals surface area contributed by atoms with E-state index in [0.29, 0.717) is 5.39 Å². The first kappa shape index (κ1) is 17.3. The quantitative estimate of drug-likeness (QED) is 0.458. The van der Waals surface area contributed by atoms with E-state index < -0.39 is 10.1 Å². The van der Waals surface area contributed by atoms with Crippen LogP contribution < -0.4 is 51.4 Å². The van der Waals surface area contributed by atoms with Gasteiger partial charge in [-0.15, -0.1) is 0 Å². The fraction of sp³-hybridized carbons (Fsp3) is 0.286. The van der Waals surface area contributed by atoms with E-state index in [-0.39, 0.29) is 64.3 Å².